The summed E-state index contributed by atoms with van der Waals surface area (Å²) >= 11 is 0. The highest BCUT2D eigenvalue weighted by atomic mass is 19.4. The van der Waals surface area contributed by atoms with E-state index in [-0.39, 0.29) is 29.1 Å². The first-order valence-electron chi connectivity index (χ1n) is 10.2. The molecule has 0 saturated heterocycles. The van der Waals surface area contributed by atoms with Crippen molar-refractivity contribution in [1.82, 2.24) is 15.3 Å². The average molecular weight is 468 g/mol. The van der Waals surface area contributed by atoms with E-state index in [0.717, 1.165) is 0 Å². The van der Waals surface area contributed by atoms with Crippen molar-refractivity contribution < 1.29 is 32.2 Å². The predicted octanol–water partition coefficient (Wildman–Crippen LogP) is 4.21. The average Bonchev–Trinajstić information content (AvgIpc) is 2.72. The van der Waals surface area contributed by atoms with Gasteiger partial charge >= 0.3 is 6.18 Å². The van der Waals surface area contributed by atoms with Gasteiger partial charge in [0, 0.05) is 17.7 Å². The number of carbonyl (C=O) groups is 2. The lowest BCUT2D eigenvalue weighted by molar-refractivity contribution is -0.139. The van der Waals surface area contributed by atoms with Gasteiger partial charge < -0.3 is 20.1 Å². The molecule has 2 rings (SSSR count). The summed E-state index contributed by atoms with van der Waals surface area (Å²) in [5.74, 6) is -0.686. The fraction of sp³-hybridized carbons (Fsp3) is 0.455. The second-order valence-electron chi connectivity index (χ2n) is 7.69. The molecular weight excluding hydrogens is 441 g/mol. The first-order chi connectivity index (χ1) is 15.4. The number of rotatable bonds is 9. The van der Waals surface area contributed by atoms with E-state index in [9.17, 15) is 22.8 Å². The first kappa shape index (κ1) is 25.9. The number of aromatic nitrogens is 2. The van der Waals surface area contributed by atoms with Crippen molar-refractivity contribution in [3.05, 3.63) is 41.1 Å². The monoisotopic (exact) mass is 468 g/mol. The SMILES string of the molecule is COc1nc(OCCC(F)(F)F)ccc1C(=O)NC(C)c1cc(C)nc(NC(=O)C(C)C)c1. The van der Waals surface area contributed by atoms with Crippen molar-refractivity contribution in [2.24, 2.45) is 5.92 Å². The van der Waals surface area contributed by atoms with Crippen molar-refractivity contribution in [3.8, 4) is 11.8 Å². The molecule has 0 fully saturated rings. The number of nitrogens with zero attached hydrogens (tertiary/aromatic N) is 2. The van der Waals surface area contributed by atoms with Crippen LogP contribution in [0.5, 0.6) is 11.8 Å². The Morgan fingerprint density at radius 1 is 1.12 bits per heavy atom. The van der Waals surface area contributed by atoms with E-state index in [1.165, 1.54) is 19.2 Å². The van der Waals surface area contributed by atoms with E-state index in [1.54, 1.807) is 39.8 Å². The number of pyridine rings is 2. The number of amides is 2. The molecule has 0 aromatic carbocycles. The van der Waals surface area contributed by atoms with E-state index in [0.29, 0.717) is 17.1 Å². The molecule has 0 spiro atoms. The van der Waals surface area contributed by atoms with E-state index in [1.807, 2.05) is 0 Å². The summed E-state index contributed by atoms with van der Waals surface area (Å²) < 4.78 is 47.0. The van der Waals surface area contributed by atoms with Crippen LogP contribution in [0.4, 0.5) is 19.0 Å². The van der Waals surface area contributed by atoms with Gasteiger partial charge in [-0.2, -0.15) is 18.2 Å². The largest absolute Gasteiger partial charge is 0.480 e. The summed E-state index contributed by atoms with van der Waals surface area (Å²) in [6.45, 7) is 6.47. The molecule has 2 aromatic heterocycles. The van der Waals surface area contributed by atoms with Crippen LogP contribution in [0.3, 0.4) is 0 Å². The number of hydrogen-bond donors (Lipinski definition) is 2. The molecule has 0 aliphatic carbocycles. The lowest BCUT2D eigenvalue weighted by Gasteiger charge is -2.17. The third kappa shape index (κ3) is 7.92. The summed E-state index contributed by atoms with van der Waals surface area (Å²) in [6, 6.07) is 5.66. The predicted molar refractivity (Wildman–Crippen MR) is 115 cm³/mol. The number of carbonyl (C=O) groups excluding carboxylic acids is 2. The highest BCUT2D eigenvalue weighted by Gasteiger charge is 2.27. The van der Waals surface area contributed by atoms with Gasteiger partial charge in [0.2, 0.25) is 17.7 Å². The molecule has 0 saturated carbocycles. The van der Waals surface area contributed by atoms with Crippen LogP contribution in [0.1, 0.15) is 54.8 Å². The number of ether oxygens (including phenoxy) is 2. The highest BCUT2D eigenvalue weighted by molar-refractivity contribution is 5.96. The molecule has 2 heterocycles. The summed E-state index contributed by atoms with van der Waals surface area (Å²) in [5, 5.41) is 5.55. The van der Waals surface area contributed by atoms with Gasteiger partial charge in [-0.15, -0.1) is 0 Å². The minimum Gasteiger partial charge on any atom is -0.480 e. The molecule has 0 bridgehead atoms. The maximum atomic E-state index is 12.8. The Balaban J connectivity index is 2.12. The maximum Gasteiger partial charge on any atom is 0.392 e. The van der Waals surface area contributed by atoms with Gasteiger partial charge in [0.05, 0.1) is 26.2 Å². The number of anilines is 1. The maximum absolute atomic E-state index is 12.8. The van der Waals surface area contributed by atoms with Gasteiger partial charge in [-0.3, -0.25) is 9.59 Å². The van der Waals surface area contributed by atoms with Crippen molar-refractivity contribution in [1.29, 1.82) is 0 Å². The number of aryl methyl sites for hydroxylation is 1. The van der Waals surface area contributed by atoms with Gasteiger partial charge in [-0.25, -0.2) is 4.98 Å². The van der Waals surface area contributed by atoms with E-state index < -0.39 is 31.2 Å². The molecule has 2 amide bonds. The fourth-order valence-electron chi connectivity index (χ4n) is 2.74. The van der Waals surface area contributed by atoms with Crippen LogP contribution in [-0.2, 0) is 4.79 Å². The van der Waals surface area contributed by atoms with E-state index in [4.69, 9.17) is 9.47 Å². The molecule has 1 atom stereocenters. The topological polar surface area (TPSA) is 102 Å². The van der Waals surface area contributed by atoms with Gasteiger partial charge in [0.25, 0.3) is 5.91 Å². The van der Waals surface area contributed by atoms with Crippen LogP contribution in [0.15, 0.2) is 24.3 Å². The first-order valence-corrected chi connectivity index (χ1v) is 10.2. The van der Waals surface area contributed by atoms with Crippen LogP contribution in [0.25, 0.3) is 0 Å². The normalized spacial score (nSPS) is 12.3. The molecule has 2 aromatic rings. The van der Waals surface area contributed by atoms with E-state index >= 15 is 0 Å². The molecule has 2 N–H and O–H groups in total. The second kappa shape index (κ2) is 11.0. The minimum atomic E-state index is -4.34. The number of hydrogen-bond acceptors (Lipinski definition) is 6. The molecule has 0 radical (unpaired) electrons. The summed E-state index contributed by atoms with van der Waals surface area (Å²) in [5.41, 5.74) is 1.47. The van der Waals surface area contributed by atoms with Gasteiger partial charge in [0.15, 0.2) is 0 Å². The Bertz CT molecular complexity index is 996. The lowest BCUT2D eigenvalue weighted by Crippen LogP contribution is -2.27. The van der Waals surface area contributed by atoms with Crippen LogP contribution in [0, 0.1) is 12.8 Å². The third-order valence-corrected chi connectivity index (χ3v) is 4.51. The third-order valence-electron chi connectivity index (χ3n) is 4.51. The van der Waals surface area contributed by atoms with Crippen LogP contribution in [0.2, 0.25) is 0 Å². The number of nitrogens with one attached hydrogen (secondary N) is 2. The van der Waals surface area contributed by atoms with Crippen LogP contribution in [-0.4, -0.2) is 41.7 Å². The van der Waals surface area contributed by atoms with E-state index in [2.05, 4.69) is 20.6 Å². The zero-order valence-electron chi connectivity index (χ0n) is 19.0. The van der Waals surface area contributed by atoms with Crippen LogP contribution >= 0.6 is 0 Å². The van der Waals surface area contributed by atoms with Crippen molar-refractivity contribution >= 4 is 17.6 Å². The number of methoxy groups -OCH3 is 1. The van der Waals surface area contributed by atoms with Gasteiger partial charge in [-0.05, 0) is 37.6 Å². The van der Waals surface area contributed by atoms with Crippen molar-refractivity contribution in [2.75, 3.05) is 19.0 Å². The molecular formula is C22H27F3N4O4. The quantitative estimate of drug-likeness (QED) is 0.572. The smallest absolute Gasteiger partial charge is 0.392 e. The lowest BCUT2D eigenvalue weighted by atomic mass is 10.1. The zero-order chi connectivity index (χ0) is 24.8. The summed E-state index contributed by atoms with van der Waals surface area (Å²) in [4.78, 5) is 33.0. The second-order valence-corrected chi connectivity index (χ2v) is 7.69. The molecule has 11 heteroatoms. The number of alkyl halides is 3. The van der Waals surface area contributed by atoms with Gasteiger partial charge in [0.1, 0.15) is 11.4 Å². The Labute approximate surface area is 189 Å². The fourth-order valence-corrected chi connectivity index (χ4v) is 2.74. The van der Waals surface area contributed by atoms with Crippen LogP contribution < -0.4 is 20.1 Å². The summed E-state index contributed by atoms with van der Waals surface area (Å²) in [6.07, 6.45) is -5.47. The molecule has 180 valence electrons. The zero-order valence-corrected chi connectivity index (χ0v) is 19.0. The number of halogens is 3. The minimum absolute atomic E-state index is 0.0833. The molecule has 1 unspecified atom stereocenters. The Kier molecular flexibility index (Phi) is 8.61. The molecule has 0 aliphatic rings. The molecule has 0 aliphatic heterocycles. The highest BCUT2D eigenvalue weighted by Crippen LogP contribution is 2.24. The van der Waals surface area contributed by atoms with Crippen molar-refractivity contribution in [3.63, 3.8) is 0 Å². The molecule has 33 heavy (non-hydrogen) atoms. The Morgan fingerprint density at radius 2 is 1.82 bits per heavy atom. The summed E-state index contributed by atoms with van der Waals surface area (Å²) in [7, 11) is 1.29. The Morgan fingerprint density at radius 3 is 2.42 bits per heavy atom. The Hall–Kier alpha value is -3.37. The van der Waals surface area contributed by atoms with Crippen molar-refractivity contribution in [2.45, 2.75) is 46.3 Å². The van der Waals surface area contributed by atoms with Gasteiger partial charge in [-0.1, -0.05) is 13.8 Å². The standard InChI is InChI=1S/C22H27F3N4O4/c1-12(2)19(30)28-17-11-15(10-13(3)26-17)14(4)27-20(31)16-6-7-18(29-21(16)32-5)33-9-8-22(23,24)25/h6-7,10-12,14H,8-9H2,1-5H3,(H,27,31)(H,26,28,30). The molecule has 8 nitrogen and oxygen atoms in total.